The van der Waals surface area contributed by atoms with Gasteiger partial charge in [0.05, 0.1) is 22.3 Å². The number of rotatable bonds is 5. The fraction of sp³-hybridized carbons (Fsp3) is 0.0870. The molecule has 0 aliphatic heterocycles. The maximum absolute atomic E-state index is 11.2. The third kappa shape index (κ3) is 5.53. The Balaban J connectivity index is 0.00000387. The van der Waals surface area contributed by atoms with Crippen molar-refractivity contribution in [3.63, 3.8) is 0 Å². The summed E-state index contributed by atoms with van der Waals surface area (Å²) in [5, 5.41) is 13.5. The molecule has 256 valence electrons. The summed E-state index contributed by atoms with van der Waals surface area (Å²) in [5.41, 5.74) is 10.7. The van der Waals surface area contributed by atoms with E-state index in [9.17, 15) is 5.11 Å². The van der Waals surface area contributed by atoms with Crippen LogP contribution in [0.25, 0.3) is 78.0 Å². The normalized spacial score (nSPS) is 11.7. The van der Waals surface area contributed by atoms with Crippen molar-refractivity contribution in [2.75, 3.05) is 0 Å². The molecule has 3 aromatic heterocycles. The Labute approximate surface area is 317 Å². The molecule has 0 aliphatic carbocycles. The SMILES string of the molecule is CC(C)(C)c1ccc(-n2c(-c3ccccc3O)nc3c(-c4[c-]c5c(cc4)c4ccccc4n5-c4ccccn4)cccc32)c(-c2ccccc2)c1.[Pt]. The van der Waals surface area contributed by atoms with Gasteiger partial charge in [-0.05, 0) is 76.0 Å². The molecule has 1 N–H and O–H groups in total. The number of phenolic OH excluding ortho intramolecular Hbond substituents is 1. The Hall–Kier alpha value is -5.77. The van der Waals surface area contributed by atoms with Crippen molar-refractivity contribution in [3.8, 4) is 50.9 Å². The van der Waals surface area contributed by atoms with Crippen LogP contribution in [0.4, 0.5) is 0 Å². The van der Waals surface area contributed by atoms with E-state index >= 15 is 0 Å². The average Bonchev–Trinajstić information content (AvgIpc) is 3.71. The molecule has 0 spiro atoms. The molecule has 0 saturated carbocycles. The minimum absolute atomic E-state index is 0. The van der Waals surface area contributed by atoms with Crippen LogP contribution < -0.4 is 0 Å². The second-order valence-corrected chi connectivity index (χ2v) is 14.0. The third-order valence-electron chi connectivity index (χ3n) is 9.77. The largest absolute Gasteiger partial charge is 0.507 e. The number of nitrogens with zero attached hydrogens (tertiary/aromatic N) is 4. The van der Waals surface area contributed by atoms with Gasteiger partial charge in [-0.1, -0.05) is 117 Å². The van der Waals surface area contributed by atoms with Crippen molar-refractivity contribution in [2.24, 2.45) is 0 Å². The third-order valence-corrected chi connectivity index (χ3v) is 9.77. The monoisotopic (exact) mass is 854 g/mol. The van der Waals surface area contributed by atoms with E-state index in [0.717, 1.165) is 66.6 Å². The van der Waals surface area contributed by atoms with Crippen LogP contribution in [0.2, 0.25) is 0 Å². The summed E-state index contributed by atoms with van der Waals surface area (Å²) in [7, 11) is 0. The molecule has 0 bridgehead atoms. The zero-order chi connectivity index (χ0) is 34.7. The van der Waals surface area contributed by atoms with Crippen molar-refractivity contribution < 1.29 is 26.2 Å². The molecule has 0 atom stereocenters. The predicted octanol–water partition coefficient (Wildman–Crippen LogP) is 11.3. The number of fused-ring (bicyclic) bond motifs is 4. The number of imidazole rings is 1. The smallest absolute Gasteiger partial charge is 0.148 e. The molecule has 9 rings (SSSR count). The van der Waals surface area contributed by atoms with Crippen molar-refractivity contribution in [2.45, 2.75) is 26.2 Å². The molecule has 6 aromatic carbocycles. The molecule has 3 heterocycles. The van der Waals surface area contributed by atoms with Gasteiger partial charge >= 0.3 is 0 Å². The molecule has 52 heavy (non-hydrogen) atoms. The maximum atomic E-state index is 11.2. The van der Waals surface area contributed by atoms with E-state index < -0.39 is 0 Å². The van der Waals surface area contributed by atoms with Crippen LogP contribution >= 0.6 is 0 Å². The fourth-order valence-corrected chi connectivity index (χ4v) is 7.22. The fourth-order valence-electron chi connectivity index (χ4n) is 7.22. The Morgan fingerprint density at radius 2 is 1.35 bits per heavy atom. The first kappa shape index (κ1) is 33.4. The van der Waals surface area contributed by atoms with E-state index in [0.29, 0.717) is 11.4 Å². The maximum Gasteiger partial charge on any atom is 0.148 e. The predicted molar refractivity (Wildman–Crippen MR) is 209 cm³/mol. The summed E-state index contributed by atoms with van der Waals surface area (Å²) in [5.74, 6) is 1.68. The number of benzene rings is 6. The number of phenols is 1. The Morgan fingerprint density at radius 1 is 0.615 bits per heavy atom. The van der Waals surface area contributed by atoms with Crippen LogP contribution in [0.15, 0.2) is 152 Å². The first-order valence-corrected chi connectivity index (χ1v) is 17.2. The molecule has 0 aliphatic rings. The van der Waals surface area contributed by atoms with Crippen molar-refractivity contribution >= 4 is 32.8 Å². The molecular formula is C46H35N4OPt-. The van der Waals surface area contributed by atoms with Crippen LogP contribution in [0.1, 0.15) is 26.3 Å². The second-order valence-electron chi connectivity index (χ2n) is 14.0. The van der Waals surface area contributed by atoms with Crippen LogP contribution in [0, 0.1) is 6.07 Å². The van der Waals surface area contributed by atoms with Crippen LogP contribution in [-0.2, 0) is 26.5 Å². The summed E-state index contributed by atoms with van der Waals surface area (Å²) in [6.07, 6.45) is 1.82. The van der Waals surface area contributed by atoms with Gasteiger partial charge in [0.25, 0.3) is 0 Å². The van der Waals surface area contributed by atoms with Gasteiger partial charge in [0.1, 0.15) is 17.4 Å². The van der Waals surface area contributed by atoms with Crippen LogP contribution in [-0.4, -0.2) is 24.2 Å². The quantitative estimate of drug-likeness (QED) is 0.176. The molecule has 0 saturated heterocycles. The van der Waals surface area contributed by atoms with E-state index in [1.54, 1.807) is 6.07 Å². The molecule has 6 heteroatoms. The first-order valence-electron chi connectivity index (χ1n) is 17.2. The van der Waals surface area contributed by atoms with Gasteiger partial charge < -0.3 is 9.67 Å². The second kappa shape index (κ2) is 13.1. The minimum Gasteiger partial charge on any atom is -0.507 e. The van der Waals surface area contributed by atoms with Gasteiger partial charge in [0.2, 0.25) is 0 Å². The number of hydrogen-bond donors (Lipinski definition) is 1. The minimum atomic E-state index is -0.0427. The number of pyridine rings is 1. The van der Waals surface area contributed by atoms with Gasteiger partial charge in [-0.15, -0.1) is 23.8 Å². The summed E-state index contributed by atoms with van der Waals surface area (Å²) >= 11 is 0. The van der Waals surface area contributed by atoms with Crippen LogP contribution in [0.5, 0.6) is 5.75 Å². The Morgan fingerprint density at radius 3 is 2.13 bits per heavy atom. The van der Waals surface area contributed by atoms with Gasteiger partial charge in [-0.2, -0.15) is 0 Å². The van der Waals surface area contributed by atoms with Gasteiger partial charge in [-0.25, -0.2) is 9.97 Å². The molecule has 9 aromatic rings. The zero-order valence-corrected chi connectivity index (χ0v) is 31.3. The van der Waals surface area contributed by atoms with E-state index in [-0.39, 0.29) is 32.2 Å². The van der Waals surface area contributed by atoms with Gasteiger partial charge in [0, 0.05) is 38.3 Å². The molecular weight excluding hydrogens is 820 g/mol. The van der Waals surface area contributed by atoms with E-state index in [2.05, 4.69) is 133 Å². The van der Waals surface area contributed by atoms with E-state index in [4.69, 9.17) is 9.97 Å². The molecule has 0 radical (unpaired) electrons. The standard InChI is InChI=1S/C46H35N4O.Pt/c1-46(2,3)32-24-26-39(37(29-32)30-14-5-4-6-15-30)50-40-20-13-18-33(44(40)48-45(50)36-17-8-10-21-42(36)51)31-23-25-35-34-16-7-9-19-38(34)49(41(35)28-31)43-22-11-12-27-47-43;/h4-27,29,51H,1-3H3;/q-1;. The van der Waals surface area contributed by atoms with E-state index in [1.165, 1.54) is 5.56 Å². The van der Waals surface area contributed by atoms with E-state index in [1.807, 2.05) is 48.7 Å². The van der Waals surface area contributed by atoms with Crippen molar-refractivity contribution in [1.29, 1.82) is 0 Å². The summed E-state index contributed by atoms with van der Waals surface area (Å²) in [4.78, 5) is 10.1. The molecule has 0 fully saturated rings. The van der Waals surface area contributed by atoms with Gasteiger partial charge in [0.15, 0.2) is 0 Å². The van der Waals surface area contributed by atoms with Gasteiger partial charge in [-0.3, -0.25) is 4.57 Å². The summed E-state index contributed by atoms with van der Waals surface area (Å²) < 4.78 is 4.38. The topological polar surface area (TPSA) is 55.9 Å². The summed E-state index contributed by atoms with van der Waals surface area (Å²) in [6, 6.07) is 53.5. The molecule has 0 unspecified atom stereocenters. The number of hydrogen-bond acceptors (Lipinski definition) is 3. The Bertz CT molecular complexity index is 2740. The first-order chi connectivity index (χ1) is 24.9. The van der Waals surface area contributed by atoms with Crippen molar-refractivity contribution in [1.82, 2.24) is 19.1 Å². The Kier molecular flexibility index (Phi) is 8.40. The number of para-hydroxylation sites is 3. The molecule has 5 nitrogen and oxygen atoms in total. The summed E-state index contributed by atoms with van der Waals surface area (Å²) in [6.45, 7) is 6.72. The molecule has 0 amide bonds. The van der Waals surface area contributed by atoms with Crippen LogP contribution in [0.3, 0.4) is 0 Å². The zero-order valence-electron chi connectivity index (χ0n) is 29.0. The van der Waals surface area contributed by atoms with Crippen molar-refractivity contribution in [3.05, 3.63) is 163 Å². The average molecular weight is 855 g/mol. The number of aromatic nitrogens is 4. The number of aromatic hydroxyl groups is 1.